The molecule has 1 aromatic rings. The molecular weight excluding hydrogens is 333 g/mol. The van der Waals surface area contributed by atoms with Gasteiger partial charge in [0.2, 0.25) is 0 Å². The lowest BCUT2D eigenvalue weighted by Gasteiger charge is -2.17. The zero-order chi connectivity index (χ0) is 13.8. The second kappa shape index (κ2) is 6.71. The molecule has 1 aliphatic carbocycles. The molecule has 0 radical (unpaired) electrons. The highest BCUT2D eigenvalue weighted by molar-refractivity contribution is 9.09. The highest BCUT2D eigenvalue weighted by Crippen LogP contribution is 2.32. The number of rotatable bonds is 4. The molecule has 1 aliphatic rings. The molecule has 5 heteroatoms. The van der Waals surface area contributed by atoms with E-state index in [9.17, 15) is 9.18 Å². The van der Waals surface area contributed by atoms with Gasteiger partial charge in [-0.2, -0.15) is 0 Å². The van der Waals surface area contributed by atoms with Gasteiger partial charge in [0, 0.05) is 16.9 Å². The standard InChI is InChI=1S/C14H16BrClFNO/c15-7-9-2-1-3-10(9)8-18-14(19)12-6-11(16)4-5-13(12)17/h4-6,9-10H,1-3,7-8H2,(H,18,19). The van der Waals surface area contributed by atoms with Gasteiger partial charge in [-0.15, -0.1) is 0 Å². The van der Waals surface area contributed by atoms with E-state index < -0.39 is 5.82 Å². The summed E-state index contributed by atoms with van der Waals surface area (Å²) in [5.41, 5.74) is 0.0147. The van der Waals surface area contributed by atoms with Crippen LogP contribution < -0.4 is 5.32 Å². The van der Waals surface area contributed by atoms with Crippen LogP contribution in [0.4, 0.5) is 4.39 Å². The number of alkyl halides is 1. The van der Waals surface area contributed by atoms with E-state index in [2.05, 4.69) is 21.2 Å². The zero-order valence-electron chi connectivity index (χ0n) is 10.5. The minimum atomic E-state index is -0.537. The third-order valence-corrected chi connectivity index (χ3v) is 4.78. The van der Waals surface area contributed by atoms with Crippen LogP contribution in [0, 0.1) is 17.7 Å². The maximum Gasteiger partial charge on any atom is 0.254 e. The molecular formula is C14H16BrClFNO. The second-order valence-electron chi connectivity index (χ2n) is 4.94. The number of halogens is 3. The number of benzene rings is 1. The summed E-state index contributed by atoms with van der Waals surface area (Å²) in [7, 11) is 0. The first kappa shape index (κ1) is 14.8. The second-order valence-corrected chi connectivity index (χ2v) is 6.02. The zero-order valence-corrected chi connectivity index (χ0v) is 12.8. The highest BCUT2D eigenvalue weighted by Gasteiger charge is 2.26. The monoisotopic (exact) mass is 347 g/mol. The molecule has 0 bridgehead atoms. The molecule has 0 heterocycles. The van der Waals surface area contributed by atoms with Crippen molar-refractivity contribution in [2.75, 3.05) is 11.9 Å². The molecule has 2 unspecified atom stereocenters. The van der Waals surface area contributed by atoms with Gasteiger partial charge < -0.3 is 5.32 Å². The van der Waals surface area contributed by atoms with Gasteiger partial charge >= 0.3 is 0 Å². The summed E-state index contributed by atoms with van der Waals surface area (Å²) < 4.78 is 13.5. The minimum absolute atomic E-state index is 0.0147. The maximum absolute atomic E-state index is 13.5. The molecule has 2 rings (SSSR count). The average molecular weight is 349 g/mol. The summed E-state index contributed by atoms with van der Waals surface area (Å²) >= 11 is 9.28. The average Bonchev–Trinajstić information content (AvgIpc) is 2.86. The van der Waals surface area contributed by atoms with E-state index in [0.717, 1.165) is 11.8 Å². The van der Waals surface area contributed by atoms with Gasteiger partial charge in [-0.05, 0) is 42.9 Å². The molecule has 2 nitrogen and oxygen atoms in total. The topological polar surface area (TPSA) is 29.1 Å². The Labute approximate surface area is 125 Å². The van der Waals surface area contributed by atoms with Gasteiger partial charge in [-0.3, -0.25) is 4.79 Å². The molecule has 2 atom stereocenters. The van der Waals surface area contributed by atoms with Crippen LogP contribution in [0.5, 0.6) is 0 Å². The first-order valence-electron chi connectivity index (χ1n) is 6.41. The Kier molecular flexibility index (Phi) is 5.22. The van der Waals surface area contributed by atoms with Crippen LogP contribution in [-0.2, 0) is 0 Å². The number of nitrogens with one attached hydrogen (secondary N) is 1. The quantitative estimate of drug-likeness (QED) is 0.818. The maximum atomic E-state index is 13.5. The van der Waals surface area contributed by atoms with Crippen LogP contribution in [0.1, 0.15) is 29.6 Å². The van der Waals surface area contributed by atoms with E-state index in [1.807, 2.05) is 0 Å². The summed E-state index contributed by atoms with van der Waals surface area (Å²) in [5, 5.41) is 4.14. The molecule has 0 saturated heterocycles. The fourth-order valence-electron chi connectivity index (χ4n) is 2.58. The van der Waals surface area contributed by atoms with Crippen molar-refractivity contribution in [3.05, 3.63) is 34.6 Å². The molecule has 0 aromatic heterocycles. The van der Waals surface area contributed by atoms with Crippen LogP contribution in [0.15, 0.2) is 18.2 Å². The van der Waals surface area contributed by atoms with Gasteiger partial charge in [0.1, 0.15) is 5.82 Å². The Morgan fingerprint density at radius 3 is 2.89 bits per heavy atom. The van der Waals surface area contributed by atoms with Crippen molar-refractivity contribution in [3.8, 4) is 0 Å². The van der Waals surface area contributed by atoms with Gasteiger partial charge in [-0.25, -0.2) is 4.39 Å². The van der Waals surface area contributed by atoms with Crippen molar-refractivity contribution in [3.63, 3.8) is 0 Å². The largest absolute Gasteiger partial charge is 0.352 e. The molecule has 1 fully saturated rings. The number of hydrogen-bond donors (Lipinski definition) is 1. The predicted molar refractivity (Wildman–Crippen MR) is 78.4 cm³/mol. The van der Waals surface area contributed by atoms with Crippen LogP contribution >= 0.6 is 27.5 Å². The van der Waals surface area contributed by atoms with Crippen molar-refractivity contribution < 1.29 is 9.18 Å². The third-order valence-electron chi connectivity index (χ3n) is 3.71. The SMILES string of the molecule is O=C(NCC1CCCC1CBr)c1cc(Cl)ccc1F. The molecule has 1 aromatic carbocycles. The number of carbonyl (C=O) groups is 1. The highest BCUT2D eigenvalue weighted by atomic mass is 79.9. The van der Waals surface area contributed by atoms with Crippen molar-refractivity contribution in [2.24, 2.45) is 11.8 Å². The third kappa shape index (κ3) is 3.69. The Hall–Kier alpha value is -0.610. The Balaban J connectivity index is 1.96. The number of hydrogen-bond acceptors (Lipinski definition) is 1. The number of carbonyl (C=O) groups excluding carboxylic acids is 1. The fourth-order valence-corrected chi connectivity index (χ4v) is 3.60. The van der Waals surface area contributed by atoms with Crippen molar-refractivity contribution in [1.29, 1.82) is 0 Å². The summed E-state index contributed by atoms with van der Waals surface area (Å²) in [6, 6.07) is 4.02. The Morgan fingerprint density at radius 2 is 2.16 bits per heavy atom. The molecule has 19 heavy (non-hydrogen) atoms. The fraction of sp³-hybridized carbons (Fsp3) is 0.500. The summed E-state index contributed by atoms with van der Waals surface area (Å²) in [4.78, 5) is 11.9. The van der Waals surface area contributed by atoms with Crippen molar-refractivity contribution >= 4 is 33.4 Å². The summed E-state index contributed by atoms with van der Waals surface area (Å²) in [5.74, 6) is 0.153. The Bertz CT molecular complexity index is 469. The first-order chi connectivity index (χ1) is 9.11. The smallest absolute Gasteiger partial charge is 0.254 e. The normalized spacial score (nSPS) is 22.5. The number of amides is 1. The van der Waals surface area contributed by atoms with Gasteiger partial charge in [0.15, 0.2) is 0 Å². The lowest BCUT2D eigenvalue weighted by atomic mass is 9.98. The van der Waals surface area contributed by atoms with E-state index >= 15 is 0 Å². The van der Waals surface area contributed by atoms with Crippen molar-refractivity contribution in [2.45, 2.75) is 19.3 Å². The van der Waals surface area contributed by atoms with E-state index in [1.165, 1.54) is 31.0 Å². The first-order valence-corrected chi connectivity index (χ1v) is 7.91. The lowest BCUT2D eigenvalue weighted by Crippen LogP contribution is -2.31. The molecule has 1 saturated carbocycles. The van der Waals surface area contributed by atoms with Crippen LogP contribution in [0.2, 0.25) is 5.02 Å². The van der Waals surface area contributed by atoms with E-state index in [-0.39, 0.29) is 11.5 Å². The molecule has 1 amide bonds. The predicted octanol–water partition coefficient (Wildman–Crippen LogP) is 4.02. The van der Waals surface area contributed by atoms with Crippen LogP contribution in [-0.4, -0.2) is 17.8 Å². The van der Waals surface area contributed by atoms with Crippen molar-refractivity contribution in [1.82, 2.24) is 5.32 Å². The summed E-state index contributed by atoms with van der Waals surface area (Å²) in [6.07, 6.45) is 3.51. The molecule has 0 aliphatic heterocycles. The van der Waals surface area contributed by atoms with Gasteiger partial charge in [0.05, 0.1) is 5.56 Å². The van der Waals surface area contributed by atoms with Gasteiger partial charge in [0.25, 0.3) is 5.91 Å². The van der Waals surface area contributed by atoms with E-state index in [1.54, 1.807) is 0 Å². The minimum Gasteiger partial charge on any atom is -0.352 e. The Morgan fingerprint density at radius 1 is 1.42 bits per heavy atom. The molecule has 1 N–H and O–H groups in total. The summed E-state index contributed by atoms with van der Waals surface area (Å²) in [6.45, 7) is 0.598. The van der Waals surface area contributed by atoms with E-state index in [0.29, 0.717) is 23.4 Å². The van der Waals surface area contributed by atoms with Crippen LogP contribution in [0.3, 0.4) is 0 Å². The van der Waals surface area contributed by atoms with E-state index in [4.69, 9.17) is 11.6 Å². The molecule has 104 valence electrons. The van der Waals surface area contributed by atoms with Crippen LogP contribution in [0.25, 0.3) is 0 Å². The lowest BCUT2D eigenvalue weighted by molar-refractivity contribution is 0.0941. The van der Waals surface area contributed by atoms with Gasteiger partial charge in [-0.1, -0.05) is 34.0 Å². The molecule has 0 spiro atoms.